The van der Waals surface area contributed by atoms with Gasteiger partial charge in [0.2, 0.25) is 0 Å². The topological polar surface area (TPSA) is 40.5 Å². The fourth-order valence-corrected chi connectivity index (χ4v) is 3.98. The van der Waals surface area contributed by atoms with Crippen LogP contribution in [0.5, 0.6) is 0 Å². The molecule has 2 atom stereocenters. The summed E-state index contributed by atoms with van der Waals surface area (Å²) in [5, 5.41) is 9.73. The molecule has 3 nitrogen and oxygen atoms in total. The molecule has 2 unspecified atom stereocenters. The normalized spacial score (nSPS) is 40.1. The van der Waals surface area contributed by atoms with Gasteiger partial charge in [-0.3, -0.25) is 9.69 Å². The Balaban J connectivity index is 2.21. The van der Waals surface area contributed by atoms with Crippen LogP contribution in [0.25, 0.3) is 0 Å². The molecule has 0 aromatic carbocycles. The molecule has 0 aromatic heterocycles. The fourth-order valence-electron chi connectivity index (χ4n) is 3.98. The van der Waals surface area contributed by atoms with Crippen molar-refractivity contribution >= 4 is 5.97 Å². The molecule has 0 amide bonds. The number of hydrogen-bond donors (Lipinski definition) is 1. The van der Waals surface area contributed by atoms with Crippen LogP contribution in [0.3, 0.4) is 0 Å². The Morgan fingerprint density at radius 1 is 1.12 bits per heavy atom. The van der Waals surface area contributed by atoms with E-state index >= 15 is 0 Å². The van der Waals surface area contributed by atoms with Crippen LogP contribution in [-0.2, 0) is 4.79 Å². The number of nitrogens with zero attached hydrogens (tertiary/aromatic N) is 1. The molecule has 0 spiro atoms. The summed E-state index contributed by atoms with van der Waals surface area (Å²) < 4.78 is 0. The van der Waals surface area contributed by atoms with E-state index in [1.54, 1.807) is 0 Å². The number of piperidine rings is 1. The van der Waals surface area contributed by atoms with Crippen LogP contribution in [0, 0.1) is 11.8 Å². The van der Waals surface area contributed by atoms with E-state index in [1.807, 2.05) is 0 Å². The van der Waals surface area contributed by atoms with Gasteiger partial charge in [0.1, 0.15) is 5.54 Å². The zero-order chi connectivity index (χ0) is 12.5. The minimum Gasteiger partial charge on any atom is -0.480 e. The molecule has 17 heavy (non-hydrogen) atoms. The first kappa shape index (κ1) is 12.9. The summed E-state index contributed by atoms with van der Waals surface area (Å²) in [6.45, 7) is 6.37. The zero-order valence-corrected chi connectivity index (χ0v) is 11.1. The van der Waals surface area contributed by atoms with Gasteiger partial charge in [0.05, 0.1) is 0 Å². The molecule has 1 aliphatic carbocycles. The lowest BCUT2D eigenvalue weighted by atomic mass is 9.70. The molecule has 1 saturated carbocycles. The van der Waals surface area contributed by atoms with Gasteiger partial charge >= 0.3 is 5.97 Å². The molecule has 1 aliphatic heterocycles. The molecule has 0 bridgehead atoms. The quantitative estimate of drug-likeness (QED) is 0.805. The molecule has 1 saturated heterocycles. The molecule has 98 valence electrons. The van der Waals surface area contributed by atoms with Crippen molar-refractivity contribution in [1.82, 2.24) is 4.90 Å². The first-order chi connectivity index (χ1) is 8.04. The smallest absolute Gasteiger partial charge is 0.324 e. The van der Waals surface area contributed by atoms with E-state index in [-0.39, 0.29) is 0 Å². The highest BCUT2D eigenvalue weighted by Gasteiger charge is 2.48. The second-order valence-electron chi connectivity index (χ2n) is 6.24. The third kappa shape index (κ3) is 2.49. The van der Waals surface area contributed by atoms with Crippen molar-refractivity contribution in [2.45, 2.75) is 57.9 Å². The van der Waals surface area contributed by atoms with Crippen LogP contribution in [0.15, 0.2) is 0 Å². The largest absolute Gasteiger partial charge is 0.480 e. The zero-order valence-electron chi connectivity index (χ0n) is 11.1. The predicted octanol–water partition coefficient (Wildman–Crippen LogP) is 2.75. The Morgan fingerprint density at radius 2 is 1.65 bits per heavy atom. The Kier molecular flexibility index (Phi) is 3.76. The third-order valence-corrected chi connectivity index (χ3v) is 4.54. The average Bonchev–Trinajstić information content (AvgIpc) is 2.28. The summed E-state index contributed by atoms with van der Waals surface area (Å²) in [6.07, 6.45) is 6.45. The standard InChI is InChI=1S/C14H25NO2/c1-11-8-12(2)10-14(9-11,13(16)17)15-6-4-3-5-7-15/h11-12H,3-10H2,1-2H3,(H,16,17). The summed E-state index contributed by atoms with van der Waals surface area (Å²) in [5.74, 6) is 0.492. The van der Waals surface area contributed by atoms with Crippen LogP contribution < -0.4 is 0 Å². The molecular formula is C14H25NO2. The van der Waals surface area contributed by atoms with E-state index in [9.17, 15) is 9.90 Å². The molecule has 2 rings (SSSR count). The third-order valence-electron chi connectivity index (χ3n) is 4.54. The molecule has 2 aliphatic rings. The maximum absolute atomic E-state index is 11.8. The van der Waals surface area contributed by atoms with Gasteiger partial charge in [-0.15, -0.1) is 0 Å². The first-order valence-electron chi connectivity index (χ1n) is 7.03. The van der Waals surface area contributed by atoms with Crippen molar-refractivity contribution in [3.8, 4) is 0 Å². The van der Waals surface area contributed by atoms with Crippen molar-refractivity contribution < 1.29 is 9.90 Å². The van der Waals surface area contributed by atoms with Crippen LogP contribution in [0.1, 0.15) is 52.4 Å². The number of hydrogen-bond acceptors (Lipinski definition) is 2. The lowest BCUT2D eigenvalue weighted by Gasteiger charge is -2.48. The highest BCUT2D eigenvalue weighted by atomic mass is 16.4. The van der Waals surface area contributed by atoms with Crippen LogP contribution in [-0.4, -0.2) is 34.6 Å². The van der Waals surface area contributed by atoms with Gasteiger partial charge in [0.25, 0.3) is 0 Å². The number of aliphatic carboxylic acids is 1. The summed E-state index contributed by atoms with van der Waals surface area (Å²) in [5.41, 5.74) is -0.558. The summed E-state index contributed by atoms with van der Waals surface area (Å²) in [4.78, 5) is 14.1. The molecule has 0 aromatic rings. The Morgan fingerprint density at radius 3 is 2.12 bits per heavy atom. The van der Waals surface area contributed by atoms with Crippen molar-refractivity contribution in [2.75, 3.05) is 13.1 Å². The molecule has 3 heteroatoms. The van der Waals surface area contributed by atoms with E-state index in [1.165, 1.54) is 12.8 Å². The minimum atomic E-state index is -0.585. The number of carbonyl (C=O) groups is 1. The molecule has 0 radical (unpaired) electrons. The van der Waals surface area contributed by atoms with Gasteiger partial charge in [0.15, 0.2) is 0 Å². The summed E-state index contributed by atoms with van der Waals surface area (Å²) in [6, 6.07) is 0. The molecule has 2 fully saturated rings. The maximum Gasteiger partial charge on any atom is 0.324 e. The number of carboxylic acid groups (broad SMARTS) is 1. The van der Waals surface area contributed by atoms with E-state index in [2.05, 4.69) is 18.7 Å². The lowest BCUT2D eigenvalue weighted by Crippen LogP contribution is -2.59. The minimum absolute atomic E-state index is 0.539. The van der Waals surface area contributed by atoms with Crippen LogP contribution >= 0.6 is 0 Å². The second kappa shape index (κ2) is 4.97. The van der Waals surface area contributed by atoms with E-state index in [0.29, 0.717) is 11.8 Å². The number of carboxylic acids is 1. The highest BCUT2D eigenvalue weighted by molar-refractivity contribution is 5.79. The number of likely N-dealkylation sites (tertiary alicyclic amines) is 1. The fraction of sp³-hybridized carbons (Fsp3) is 0.929. The molecule has 1 N–H and O–H groups in total. The summed E-state index contributed by atoms with van der Waals surface area (Å²) >= 11 is 0. The van der Waals surface area contributed by atoms with Gasteiger partial charge in [-0.25, -0.2) is 0 Å². The molecule has 1 heterocycles. The van der Waals surface area contributed by atoms with Crippen LogP contribution in [0.4, 0.5) is 0 Å². The Hall–Kier alpha value is -0.570. The van der Waals surface area contributed by atoms with Gasteiger partial charge in [-0.05, 0) is 57.0 Å². The van der Waals surface area contributed by atoms with Gasteiger partial charge in [-0.2, -0.15) is 0 Å². The Bertz CT molecular complexity index is 274. The Labute approximate surface area is 104 Å². The van der Waals surface area contributed by atoms with Crippen LogP contribution in [0.2, 0.25) is 0 Å². The molecular weight excluding hydrogens is 214 g/mol. The van der Waals surface area contributed by atoms with Crippen molar-refractivity contribution in [3.63, 3.8) is 0 Å². The van der Waals surface area contributed by atoms with E-state index < -0.39 is 11.5 Å². The van der Waals surface area contributed by atoms with Crippen molar-refractivity contribution in [2.24, 2.45) is 11.8 Å². The monoisotopic (exact) mass is 239 g/mol. The maximum atomic E-state index is 11.8. The van der Waals surface area contributed by atoms with Gasteiger partial charge < -0.3 is 5.11 Å². The highest BCUT2D eigenvalue weighted by Crippen LogP contribution is 2.41. The predicted molar refractivity (Wildman–Crippen MR) is 68.0 cm³/mol. The second-order valence-corrected chi connectivity index (χ2v) is 6.24. The first-order valence-corrected chi connectivity index (χ1v) is 7.03. The lowest BCUT2D eigenvalue weighted by molar-refractivity contribution is -0.158. The number of rotatable bonds is 2. The van der Waals surface area contributed by atoms with E-state index in [0.717, 1.165) is 38.8 Å². The SMILES string of the molecule is CC1CC(C)CC(C(=O)O)(N2CCCCC2)C1. The van der Waals surface area contributed by atoms with Gasteiger partial charge in [-0.1, -0.05) is 20.3 Å². The van der Waals surface area contributed by atoms with Crippen molar-refractivity contribution in [3.05, 3.63) is 0 Å². The average molecular weight is 239 g/mol. The summed E-state index contributed by atoms with van der Waals surface area (Å²) in [7, 11) is 0. The van der Waals surface area contributed by atoms with Gasteiger partial charge in [0, 0.05) is 0 Å². The van der Waals surface area contributed by atoms with E-state index in [4.69, 9.17) is 0 Å². The van der Waals surface area contributed by atoms with Crippen molar-refractivity contribution in [1.29, 1.82) is 0 Å².